The van der Waals surface area contributed by atoms with E-state index in [1.54, 1.807) is 35.9 Å². The molecule has 1 amide bonds. The zero-order valence-corrected chi connectivity index (χ0v) is 22.3. The van der Waals surface area contributed by atoms with Gasteiger partial charge in [0.15, 0.2) is 0 Å². The molecule has 3 aromatic carbocycles. The number of carbonyl (C=O) groups is 1. The van der Waals surface area contributed by atoms with Crippen molar-refractivity contribution in [3.63, 3.8) is 0 Å². The Kier molecular flexibility index (Phi) is 6.46. The molecule has 6 rings (SSSR count). The number of benzene rings is 3. The number of carbonyl (C=O) groups excluding carboxylic acids is 1. The fourth-order valence-electron chi connectivity index (χ4n) is 4.90. The summed E-state index contributed by atoms with van der Waals surface area (Å²) in [4.78, 5) is 13.6. The molecule has 8 nitrogen and oxygen atoms in total. The van der Waals surface area contributed by atoms with Gasteiger partial charge in [0.05, 0.1) is 27.6 Å². The van der Waals surface area contributed by atoms with E-state index in [1.807, 2.05) is 72.9 Å². The van der Waals surface area contributed by atoms with E-state index in [0.29, 0.717) is 46.9 Å². The van der Waals surface area contributed by atoms with Crippen molar-refractivity contribution in [2.24, 2.45) is 5.10 Å². The minimum atomic E-state index is -3.60. The second-order valence-corrected chi connectivity index (χ2v) is 11.5. The highest BCUT2D eigenvalue weighted by atomic mass is 32.2. The number of aromatic nitrogens is 2. The van der Waals surface area contributed by atoms with Crippen molar-refractivity contribution < 1.29 is 13.2 Å². The summed E-state index contributed by atoms with van der Waals surface area (Å²) in [6.07, 6.45) is 5.37. The molecular formula is C30H27N5O3S. The van der Waals surface area contributed by atoms with Crippen molar-refractivity contribution in [2.45, 2.75) is 24.7 Å². The molecular weight excluding hydrogens is 510 g/mol. The summed E-state index contributed by atoms with van der Waals surface area (Å²) < 4.78 is 29.8. The van der Waals surface area contributed by atoms with Gasteiger partial charge in [0.1, 0.15) is 5.69 Å². The molecule has 2 aliphatic heterocycles. The van der Waals surface area contributed by atoms with Crippen LogP contribution >= 0.6 is 0 Å². The number of nitrogens with zero attached hydrogens (tertiary/aromatic N) is 5. The van der Waals surface area contributed by atoms with Gasteiger partial charge in [0.2, 0.25) is 10.0 Å². The van der Waals surface area contributed by atoms with Gasteiger partial charge in [-0.05, 0) is 62.2 Å². The Morgan fingerprint density at radius 1 is 0.846 bits per heavy atom. The maximum Gasteiger partial charge on any atom is 0.280 e. The fourth-order valence-corrected chi connectivity index (χ4v) is 6.46. The van der Waals surface area contributed by atoms with Crippen LogP contribution in [0.15, 0.2) is 107 Å². The van der Waals surface area contributed by atoms with Gasteiger partial charge in [-0.2, -0.15) is 19.5 Å². The number of para-hydroxylation sites is 2. The molecule has 1 aromatic heterocycles. The SMILES string of the molecule is CC1=NN(c2ccccc2)C(=O)/C1=C\c1cn(-c2ccccc2)nc1-c1cccc(S(=O)(=O)N2CCCC2)c1. The summed E-state index contributed by atoms with van der Waals surface area (Å²) in [5, 5.41) is 10.7. The van der Waals surface area contributed by atoms with Crippen molar-refractivity contribution in [3.05, 3.63) is 102 Å². The molecule has 196 valence electrons. The maximum atomic E-state index is 13.4. The highest BCUT2D eigenvalue weighted by Crippen LogP contribution is 2.31. The van der Waals surface area contributed by atoms with Crippen LogP contribution in [0, 0.1) is 0 Å². The Bertz CT molecular complexity index is 1700. The molecule has 0 bridgehead atoms. The quantitative estimate of drug-likeness (QED) is 0.319. The van der Waals surface area contributed by atoms with Crippen LogP contribution in [0.25, 0.3) is 23.0 Å². The molecule has 0 aliphatic carbocycles. The Balaban J connectivity index is 1.45. The van der Waals surface area contributed by atoms with E-state index >= 15 is 0 Å². The summed E-state index contributed by atoms with van der Waals surface area (Å²) >= 11 is 0. The van der Waals surface area contributed by atoms with Gasteiger partial charge in [-0.1, -0.05) is 48.5 Å². The van der Waals surface area contributed by atoms with Gasteiger partial charge in [-0.3, -0.25) is 4.79 Å². The largest absolute Gasteiger partial charge is 0.280 e. The van der Waals surface area contributed by atoms with Crippen LogP contribution in [0.3, 0.4) is 0 Å². The van der Waals surface area contributed by atoms with Crippen LogP contribution in [0.5, 0.6) is 0 Å². The second-order valence-electron chi connectivity index (χ2n) is 9.55. The number of anilines is 1. The zero-order chi connectivity index (χ0) is 27.0. The van der Waals surface area contributed by atoms with Crippen LogP contribution in [0.4, 0.5) is 5.69 Å². The highest BCUT2D eigenvalue weighted by Gasteiger charge is 2.30. The lowest BCUT2D eigenvalue weighted by Crippen LogP contribution is -2.27. The molecule has 0 N–H and O–H groups in total. The molecule has 0 spiro atoms. The zero-order valence-electron chi connectivity index (χ0n) is 21.4. The Morgan fingerprint density at radius 2 is 1.51 bits per heavy atom. The van der Waals surface area contributed by atoms with Crippen molar-refractivity contribution >= 4 is 33.4 Å². The molecule has 2 aliphatic rings. The monoisotopic (exact) mass is 537 g/mol. The van der Waals surface area contributed by atoms with Crippen LogP contribution in [-0.2, 0) is 14.8 Å². The van der Waals surface area contributed by atoms with E-state index in [-0.39, 0.29) is 10.8 Å². The summed E-state index contributed by atoms with van der Waals surface area (Å²) in [7, 11) is -3.60. The summed E-state index contributed by atoms with van der Waals surface area (Å²) in [6, 6.07) is 25.8. The Labute approximate surface area is 227 Å². The van der Waals surface area contributed by atoms with Crippen LogP contribution in [0.1, 0.15) is 25.3 Å². The molecule has 4 aromatic rings. The third-order valence-corrected chi connectivity index (χ3v) is 8.83. The van der Waals surface area contributed by atoms with Gasteiger partial charge in [-0.15, -0.1) is 0 Å². The van der Waals surface area contributed by atoms with Crippen LogP contribution in [0.2, 0.25) is 0 Å². The predicted octanol–water partition coefficient (Wildman–Crippen LogP) is 5.13. The molecule has 3 heterocycles. The number of hydrogen-bond acceptors (Lipinski definition) is 5. The molecule has 1 saturated heterocycles. The number of sulfonamides is 1. The Hall–Kier alpha value is -4.34. The molecule has 1 fully saturated rings. The first-order chi connectivity index (χ1) is 18.9. The van der Waals surface area contributed by atoms with E-state index in [1.165, 1.54) is 9.31 Å². The molecule has 0 unspecified atom stereocenters. The third kappa shape index (κ3) is 4.71. The number of rotatable bonds is 6. The fraction of sp³-hybridized carbons (Fsp3) is 0.167. The first-order valence-corrected chi connectivity index (χ1v) is 14.3. The average Bonchev–Trinajstić information content (AvgIpc) is 3.72. The van der Waals surface area contributed by atoms with Crippen molar-refractivity contribution in [3.8, 4) is 16.9 Å². The lowest BCUT2D eigenvalue weighted by atomic mass is 10.0. The smallest absolute Gasteiger partial charge is 0.267 e. The van der Waals surface area contributed by atoms with E-state index in [4.69, 9.17) is 5.10 Å². The highest BCUT2D eigenvalue weighted by molar-refractivity contribution is 7.89. The van der Waals surface area contributed by atoms with Gasteiger partial charge < -0.3 is 0 Å². The van der Waals surface area contributed by atoms with Gasteiger partial charge in [0.25, 0.3) is 5.91 Å². The number of hydrazone groups is 1. The number of hydrogen-bond donors (Lipinski definition) is 0. The normalized spacial score (nSPS) is 17.3. The average molecular weight is 538 g/mol. The van der Waals surface area contributed by atoms with E-state index in [0.717, 1.165) is 18.5 Å². The van der Waals surface area contributed by atoms with E-state index in [9.17, 15) is 13.2 Å². The minimum absolute atomic E-state index is 0.234. The van der Waals surface area contributed by atoms with E-state index in [2.05, 4.69) is 5.10 Å². The molecule has 9 heteroatoms. The lowest BCUT2D eigenvalue weighted by molar-refractivity contribution is -0.114. The lowest BCUT2D eigenvalue weighted by Gasteiger charge is -2.16. The van der Waals surface area contributed by atoms with Crippen LogP contribution in [-0.4, -0.2) is 47.2 Å². The molecule has 0 atom stereocenters. The first kappa shape index (κ1) is 25.0. The minimum Gasteiger partial charge on any atom is -0.267 e. The topological polar surface area (TPSA) is 87.9 Å². The third-order valence-electron chi connectivity index (χ3n) is 6.94. The molecule has 0 radical (unpaired) electrons. The van der Waals surface area contributed by atoms with Crippen molar-refractivity contribution in [1.82, 2.24) is 14.1 Å². The van der Waals surface area contributed by atoms with Crippen molar-refractivity contribution in [2.75, 3.05) is 18.1 Å². The first-order valence-electron chi connectivity index (χ1n) is 12.8. The summed E-state index contributed by atoms with van der Waals surface area (Å²) in [6.45, 7) is 2.87. The predicted molar refractivity (Wildman–Crippen MR) is 152 cm³/mol. The standard InChI is InChI=1S/C30H27N5O3S/c1-22-28(30(36)35(31-22)26-14-6-3-7-15-26)20-24-21-34(25-12-4-2-5-13-25)32-29(24)23-11-10-16-27(19-23)39(37,38)33-17-8-9-18-33/h2-7,10-16,19-21H,8-9,17-18H2,1H3/b28-20-. The van der Waals surface area contributed by atoms with Gasteiger partial charge in [-0.25, -0.2) is 13.1 Å². The molecule has 0 saturated carbocycles. The summed E-state index contributed by atoms with van der Waals surface area (Å²) in [5.41, 5.74) is 4.48. The number of amides is 1. The second kappa shape index (κ2) is 10.1. The van der Waals surface area contributed by atoms with Gasteiger partial charge in [0, 0.05) is 30.4 Å². The Morgan fingerprint density at radius 3 is 2.21 bits per heavy atom. The van der Waals surface area contributed by atoms with Crippen molar-refractivity contribution in [1.29, 1.82) is 0 Å². The van der Waals surface area contributed by atoms with Gasteiger partial charge >= 0.3 is 0 Å². The van der Waals surface area contributed by atoms with E-state index < -0.39 is 10.0 Å². The molecule has 39 heavy (non-hydrogen) atoms. The maximum absolute atomic E-state index is 13.4. The van der Waals surface area contributed by atoms with Crippen LogP contribution < -0.4 is 5.01 Å². The summed E-state index contributed by atoms with van der Waals surface area (Å²) in [5.74, 6) is -0.234.